The first-order valence-corrected chi connectivity index (χ1v) is 14.5. The van der Waals surface area contributed by atoms with E-state index in [1.54, 1.807) is 18.2 Å². The number of carbonyl (C=O) groups excluding carboxylic acids is 2. The molecule has 2 aliphatic rings. The van der Waals surface area contributed by atoms with Crippen LogP contribution >= 0.6 is 0 Å². The van der Waals surface area contributed by atoms with Crippen LogP contribution in [0.2, 0.25) is 0 Å². The zero-order valence-electron chi connectivity index (χ0n) is 22.9. The first-order valence-electron chi connectivity index (χ1n) is 13.1. The molecule has 0 aliphatic carbocycles. The Balaban J connectivity index is 1.39. The van der Waals surface area contributed by atoms with Crippen molar-refractivity contribution in [2.75, 3.05) is 49.8 Å². The van der Waals surface area contributed by atoms with Crippen LogP contribution in [0.25, 0.3) is 0 Å². The maximum atomic E-state index is 13.8. The highest BCUT2D eigenvalue weighted by Crippen LogP contribution is 2.30. The number of halogens is 2. The lowest BCUT2D eigenvalue weighted by Crippen LogP contribution is -2.37. The number of fused-ring (bicyclic) bond motifs is 1. The molecule has 0 unspecified atom stereocenters. The minimum Gasteiger partial charge on any atom is -0.378 e. The third kappa shape index (κ3) is 5.80. The summed E-state index contributed by atoms with van der Waals surface area (Å²) in [5.41, 5.74) is 2.40. The molecule has 3 aromatic rings. The van der Waals surface area contributed by atoms with E-state index in [4.69, 9.17) is 0 Å². The number of rotatable bonds is 7. The Morgan fingerprint density at radius 2 is 1.80 bits per heavy atom. The lowest BCUT2D eigenvalue weighted by atomic mass is 10.1. The number of nitrogens with zero attached hydrogens (tertiary/aromatic N) is 4. The van der Waals surface area contributed by atoms with E-state index < -0.39 is 32.5 Å². The van der Waals surface area contributed by atoms with Crippen molar-refractivity contribution in [2.24, 2.45) is 0 Å². The molecule has 1 atom stereocenters. The van der Waals surface area contributed by atoms with Crippen molar-refractivity contribution < 1.29 is 26.8 Å². The van der Waals surface area contributed by atoms with Gasteiger partial charge in [-0.05, 0) is 56.8 Å². The number of amides is 2. The standard InChI is InChI=1S/C27H31F2N7O4S/c1-34(2)18-6-7-20(23(14-18)30-27(38)24-5-4-9-35(24)3)26(37)31-25-21-15-36(10-8-22(21)32-33-25)41(39,40)19-12-16(28)11-17(29)13-19/h6-7,11-14,24H,4-5,8-10,15H2,1-3H3,(H,30,38)(H2,31,32,33,37)/t24-/m0/s1. The van der Waals surface area contributed by atoms with Crippen molar-refractivity contribution in [3.05, 3.63) is 64.9 Å². The number of carbonyl (C=O) groups is 2. The molecule has 0 bridgehead atoms. The summed E-state index contributed by atoms with van der Waals surface area (Å²) in [5.74, 6) is -2.63. The van der Waals surface area contributed by atoms with Gasteiger partial charge >= 0.3 is 0 Å². The van der Waals surface area contributed by atoms with Crippen molar-refractivity contribution in [3.8, 4) is 0 Å². The highest BCUT2D eigenvalue weighted by Gasteiger charge is 2.33. The average molecular weight is 588 g/mol. The number of aromatic nitrogens is 2. The van der Waals surface area contributed by atoms with E-state index in [1.807, 2.05) is 30.9 Å². The van der Waals surface area contributed by atoms with Crippen molar-refractivity contribution in [1.82, 2.24) is 19.4 Å². The van der Waals surface area contributed by atoms with Gasteiger partial charge in [-0.2, -0.15) is 9.40 Å². The molecular weight excluding hydrogens is 556 g/mol. The molecule has 2 aromatic carbocycles. The lowest BCUT2D eigenvalue weighted by Gasteiger charge is -2.26. The second-order valence-corrected chi connectivity index (χ2v) is 12.4. The van der Waals surface area contributed by atoms with E-state index in [2.05, 4.69) is 20.8 Å². The first-order chi connectivity index (χ1) is 19.4. The first kappa shape index (κ1) is 28.6. The third-order valence-electron chi connectivity index (χ3n) is 7.45. The number of anilines is 3. The summed E-state index contributed by atoms with van der Waals surface area (Å²) in [7, 11) is 1.35. The van der Waals surface area contributed by atoms with Crippen LogP contribution in [-0.4, -0.2) is 79.9 Å². The summed E-state index contributed by atoms with van der Waals surface area (Å²) in [6.45, 7) is 0.703. The Hall–Kier alpha value is -3.88. The predicted molar refractivity (Wildman–Crippen MR) is 149 cm³/mol. The Morgan fingerprint density at radius 1 is 1.07 bits per heavy atom. The Kier molecular flexibility index (Phi) is 7.81. The van der Waals surface area contributed by atoms with Crippen LogP contribution < -0.4 is 15.5 Å². The summed E-state index contributed by atoms with van der Waals surface area (Å²) in [5, 5.41) is 12.7. The molecule has 41 heavy (non-hydrogen) atoms. The highest BCUT2D eigenvalue weighted by molar-refractivity contribution is 7.89. The molecule has 0 saturated carbocycles. The largest absolute Gasteiger partial charge is 0.378 e. The molecule has 1 saturated heterocycles. The van der Waals surface area contributed by atoms with Gasteiger partial charge in [0.05, 0.1) is 22.2 Å². The minimum absolute atomic E-state index is 0.0564. The van der Waals surface area contributed by atoms with Gasteiger partial charge in [-0.15, -0.1) is 0 Å². The van der Waals surface area contributed by atoms with Crippen LogP contribution in [0.15, 0.2) is 41.3 Å². The molecule has 2 aliphatic heterocycles. The summed E-state index contributed by atoms with van der Waals surface area (Å²) < 4.78 is 54.9. The molecule has 3 N–H and O–H groups in total. The second kappa shape index (κ2) is 11.2. The average Bonchev–Trinajstić information content (AvgIpc) is 3.53. The molecule has 11 nitrogen and oxygen atoms in total. The lowest BCUT2D eigenvalue weighted by molar-refractivity contribution is -0.119. The van der Waals surface area contributed by atoms with Gasteiger partial charge in [-0.25, -0.2) is 17.2 Å². The fraction of sp³-hybridized carbons (Fsp3) is 0.370. The summed E-state index contributed by atoms with van der Waals surface area (Å²) in [6.07, 6.45) is 1.88. The van der Waals surface area contributed by atoms with Gasteiger partial charge in [0.25, 0.3) is 5.91 Å². The number of hydrogen-bond acceptors (Lipinski definition) is 7. The second-order valence-electron chi connectivity index (χ2n) is 10.4. The predicted octanol–water partition coefficient (Wildman–Crippen LogP) is 2.79. The fourth-order valence-corrected chi connectivity index (χ4v) is 6.60. The zero-order chi connectivity index (χ0) is 29.5. The van der Waals surface area contributed by atoms with Crippen molar-refractivity contribution in [1.29, 1.82) is 0 Å². The molecule has 3 heterocycles. The van der Waals surface area contributed by atoms with Gasteiger partial charge in [0, 0.05) is 56.6 Å². The fourth-order valence-electron chi connectivity index (χ4n) is 5.15. The molecule has 2 amide bonds. The van der Waals surface area contributed by atoms with Gasteiger partial charge in [0.1, 0.15) is 11.6 Å². The van der Waals surface area contributed by atoms with Crippen molar-refractivity contribution >= 4 is 39.0 Å². The van der Waals surface area contributed by atoms with Gasteiger partial charge in [-0.3, -0.25) is 19.6 Å². The van der Waals surface area contributed by atoms with Crippen LogP contribution in [0, 0.1) is 11.6 Å². The molecule has 1 fully saturated rings. The maximum Gasteiger partial charge on any atom is 0.258 e. The number of benzene rings is 2. The molecule has 218 valence electrons. The van der Waals surface area contributed by atoms with Crippen LogP contribution in [0.5, 0.6) is 0 Å². The minimum atomic E-state index is -4.23. The summed E-state index contributed by atoms with van der Waals surface area (Å²) in [6, 6.07) is 6.90. The van der Waals surface area contributed by atoms with Gasteiger partial charge in [0.2, 0.25) is 15.9 Å². The van der Waals surface area contributed by atoms with Crippen LogP contribution in [0.3, 0.4) is 0 Å². The Labute approximate surface area is 236 Å². The number of likely N-dealkylation sites (N-methyl/N-ethyl adjacent to an activating group) is 1. The molecular formula is C27H31F2N7O4S. The number of sulfonamides is 1. The number of aromatic amines is 1. The third-order valence-corrected chi connectivity index (χ3v) is 9.27. The number of H-pyrrole nitrogens is 1. The van der Waals surface area contributed by atoms with E-state index in [0.29, 0.717) is 23.0 Å². The smallest absolute Gasteiger partial charge is 0.258 e. The van der Waals surface area contributed by atoms with Crippen molar-refractivity contribution in [3.63, 3.8) is 0 Å². The van der Waals surface area contributed by atoms with Gasteiger partial charge in [0.15, 0.2) is 5.82 Å². The van der Waals surface area contributed by atoms with E-state index in [9.17, 15) is 26.8 Å². The van der Waals surface area contributed by atoms with E-state index in [0.717, 1.165) is 41.5 Å². The number of likely N-dealkylation sites (tertiary alicyclic amines) is 1. The Morgan fingerprint density at radius 3 is 2.46 bits per heavy atom. The van der Waals surface area contributed by atoms with Crippen LogP contribution in [0.1, 0.15) is 34.5 Å². The monoisotopic (exact) mass is 587 g/mol. The normalized spacial score (nSPS) is 17.7. The molecule has 5 rings (SSSR count). The van der Waals surface area contributed by atoms with Crippen LogP contribution in [-0.2, 0) is 27.8 Å². The molecule has 0 radical (unpaired) electrons. The van der Waals surface area contributed by atoms with Crippen LogP contribution in [0.4, 0.5) is 26.0 Å². The highest BCUT2D eigenvalue weighted by atomic mass is 32.2. The molecule has 1 aromatic heterocycles. The molecule has 14 heteroatoms. The SMILES string of the molecule is CN(C)c1ccc(C(=O)Nc2n[nH]c3c2CN(S(=O)(=O)c2cc(F)cc(F)c2)CC3)c(NC(=O)[C@@H]2CCCN2C)c1. The summed E-state index contributed by atoms with van der Waals surface area (Å²) in [4.78, 5) is 29.9. The summed E-state index contributed by atoms with van der Waals surface area (Å²) >= 11 is 0. The Bertz CT molecular complexity index is 1590. The number of hydrogen-bond donors (Lipinski definition) is 3. The zero-order valence-corrected chi connectivity index (χ0v) is 23.7. The number of nitrogens with one attached hydrogen (secondary N) is 3. The topological polar surface area (TPSA) is 131 Å². The molecule has 0 spiro atoms. The van der Waals surface area contributed by atoms with E-state index in [-0.39, 0.29) is 42.8 Å². The van der Waals surface area contributed by atoms with Gasteiger partial charge in [-0.1, -0.05) is 0 Å². The van der Waals surface area contributed by atoms with Crippen molar-refractivity contribution in [2.45, 2.75) is 36.7 Å². The van der Waals surface area contributed by atoms with E-state index in [1.165, 1.54) is 0 Å². The maximum absolute atomic E-state index is 13.8. The van der Waals surface area contributed by atoms with E-state index >= 15 is 0 Å². The van der Waals surface area contributed by atoms with Gasteiger partial charge < -0.3 is 15.5 Å². The quantitative estimate of drug-likeness (QED) is 0.388.